The summed E-state index contributed by atoms with van der Waals surface area (Å²) < 4.78 is 63.2. The van der Waals surface area contributed by atoms with Gasteiger partial charge in [0.25, 0.3) is 0 Å². The molecule has 31 atom stereocenters. The molecule has 4 saturated carbocycles. The molecule has 23 heteroatoms. The van der Waals surface area contributed by atoms with Crippen LogP contribution in [-0.4, -0.2) is 132 Å². The second-order valence-electron chi connectivity index (χ2n) is 39.9. The molecule has 22 nitrogen and oxygen atoms in total. The van der Waals surface area contributed by atoms with Gasteiger partial charge in [0.15, 0.2) is 52.8 Å². The summed E-state index contributed by atoms with van der Waals surface area (Å²) in [5, 5.41) is 9.19. The van der Waals surface area contributed by atoms with Crippen molar-refractivity contribution in [1.29, 1.82) is 0 Å². The summed E-state index contributed by atoms with van der Waals surface area (Å²) in [5.41, 5.74) is 1.41. The third kappa shape index (κ3) is 17.0. The van der Waals surface area contributed by atoms with Gasteiger partial charge in [0.05, 0.1) is 42.7 Å². The van der Waals surface area contributed by atoms with E-state index < -0.39 is 64.4 Å². The SMILES string of the molecule is CC(C)=CCC[C@H](C)CCCC(=O)C1=C(C)[C@@H]2CC[C@@H](C)[C@@H]3CC[C@@]4(C)OO[C@@]23[C@H](O1)O4.C[C@H]1[C@@H](CCCO)OC2O[C@@]3(C)CC[C@H]4[C@H](C)CC[C@@H]1[C@@]24OO3.C[C@H]1[C@@H](CCCOC(=O)c2ccccc2)OC2O[C@@]3(C)CC[C@H]4[C@H](C)CC[C@@H]1[C@@]24OO3.C[C@H]1[C@@H](CCCOC(=O)c2ccccc2Br)OC2O[C@@]3(C)CC[C@H]4[C@H](C)CC[C@@H]1[C@@]24OO3. The average molecular weight is 1710 g/mol. The van der Waals surface area contributed by atoms with Gasteiger partial charge in [-0.1, -0.05) is 104 Å². The topological polar surface area (TPSA) is 238 Å². The van der Waals surface area contributed by atoms with Gasteiger partial charge in [0.2, 0.25) is 29.4 Å². The highest BCUT2D eigenvalue weighted by Gasteiger charge is 2.74. The predicted molar refractivity (Wildman–Crippen MR) is 440 cm³/mol. The number of fused-ring (bicyclic) bond motifs is 8. The second-order valence-corrected chi connectivity index (χ2v) is 40.7. The third-order valence-corrected chi connectivity index (χ3v) is 32.4. The fraction of sp³-hybridized carbons (Fsp3) is 0.800. The van der Waals surface area contributed by atoms with Crippen LogP contribution in [0.2, 0.25) is 0 Å². The number of carbonyl (C=O) groups is 3. The minimum absolute atomic E-state index is 0.0402. The van der Waals surface area contributed by atoms with E-state index in [1.165, 1.54) is 31.3 Å². The standard InChI is InChI=1S/C27H42O5.C25H33BrO6.C25H34O6.C18H30O5/c1-17(2)9-7-10-18(3)11-8-12-23(28)24-20(5)22-14-13-19(4)21-15-16-26(6)30-25(29-24)27(21,22)32-31-26;1-15-10-11-19-16(2)21(9-6-14-28-22(27)17-7-4-5-8-20(17)26)29-23-25(19)18(15)12-13-24(3,30-23)31-32-25;1-16-11-12-20-17(2)21(10-7-15-27-22(26)18-8-5-4-6-9-18)28-23-25(20)19(16)13-14-24(3,29-23)30-31-25;1-11-6-7-14-12(2)15(5-4-10-19)20-16-18(14)13(11)8-9-17(3,21-16)22-23-18/h9,18-19,21-22,25H,7-8,10-16H2,1-6H3;4-5,7-8,15-16,18-19,21,23H,6,9-14H2,1-3H3;4-6,8-9,16-17,19-21,23H,7,10-15H2,1-3H3;11-16,19H,4-10H2,1-3H3/t18-,19+,21-,22-,25+,26+,27+;15-,16-,18+,19+,21-,23?,24-,25-;16-,17-,19+,20+,21-,23?,24-,25-;11-,12-,13+,14+,15-,16?,17-,18-/m0111/s1. The van der Waals surface area contributed by atoms with Crippen molar-refractivity contribution < 1.29 is 106 Å². The zero-order chi connectivity index (χ0) is 83.5. The summed E-state index contributed by atoms with van der Waals surface area (Å²) in [4.78, 5) is 85.8. The molecule has 2 aromatic carbocycles. The van der Waals surface area contributed by atoms with E-state index in [0.717, 1.165) is 151 Å². The summed E-state index contributed by atoms with van der Waals surface area (Å²) >= 11 is 3.41. The van der Waals surface area contributed by atoms with Crippen LogP contribution in [0.1, 0.15) is 298 Å². The van der Waals surface area contributed by atoms with E-state index in [-0.39, 0.29) is 54.8 Å². The summed E-state index contributed by atoms with van der Waals surface area (Å²) in [6, 6.07) is 16.4. The lowest BCUT2D eigenvalue weighted by atomic mass is 9.57. The monoisotopic (exact) mass is 1710 g/mol. The molecule has 1 N–H and O–H groups in total. The Morgan fingerprint density at radius 1 is 0.483 bits per heavy atom. The first-order valence-corrected chi connectivity index (χ1v) is 46.7. The Bertz CT molecular complexity index is 3860. The molecular weight excluding hydrogens is 1570 g/mol. The number of aliphatic hydroxyl groups is 1. The molecule has 658 valence electrons. The van der Waals surface area contributed by atoms with E-state index in [1.807, 2.05) is 64.1 Å². The molecule has 16 heterocycles. The van der Waals surface area contributed by atoms with Crippen LogP contribution in [0.25, 0.3) is 0 Å². The molecule has 8 bridgehead atoms. The van der Waals surface area contributed by atoms with Gasteiger partial charge < -0.3 is 52.5 Å². The Balaban J connectivity index is 0.000000124. The number of carbonyl (C=O) groups excluding carboxylic acids is 3. The van der Waals surface area contributed by atoms with E-state index in [4.69, 9.17) is 86.5 Å². The zero-order valence-corrected chi connectivity index (χ0v) is 74.8. The van der Waals surface area contributed by atoms with Crippen LogP contribution < -0.4 is 0 Å². The number of aliphatic hydroxyl groups excluding tert-OH is 1. The van der Waals surface area contributed by atoms with Gasteiger partial charge in [0.1, 0.15) is 0 Å². The van der Waals surface area contributed by atoms with Crippen LogP contribution in [0.5, 0.6) is 0 Å². The Morgan fingerprint density at radius 3 is 1.34 bits per heavy atom. The van der Waals surface area contributed by atoms with E-state index in [1.54, 1.807) is 18.2 Å². The minimum Gasteiger partial charge on any atom is -0.462 e. The number of halogens is 1. The molecule has 4 aliphatic carbocycles. The van der Waals surface area contributed by atoms with Crippen molar-refractivity contribution in [2.75, 3.05) is 19.8 Å². The molecule has 15 saturated heterocycles. The lowest BCUT2D eigenvalue weighted by Gasteiger charge is -2.60. The quantitative estimate of drug-likeness (QED) is 0.0529. The Kier molecular flexibility index (Phi) is 27.4. The van der Waals surface area contributed by atoms with Crippen LogP contribution in [0.15, 0.2) is 82.1 Å². The van der Waals surface area contributed by atoms with Gasteiger partial charge in [-0.2, -0.15) is 0 Å². The maximum absolute atomic E-state index is 13.2. The zero-order valence-electron chi connectivity index (χ0n) is 73.2. The number of Topliss-reactive ketones (excluding diaryl/α,β-unsaturated/α-hetero) is 1. The highest BCUT2D eigenvalue weighted by molar-refractivity contribution is 9.10. The predicted octanol–water partition coefficient (Wildman–Crippen LogP) is 20.1. The van der Waals surface area contributed by atoms with E-state index in [0.29, 0.717) is 125 Å². The van der Waals surface area contributed by atoms with E-state index in [9.17, 15) is 19.5 Å². The molecule has 3 unspecified atom stereocenters. The van der Waals surface area contributed by atoms with Crippen LogP contribution in [-0.2, 0) is 91.3 Å². The molecule has 22 rings (SSSR count). The van der Waals surface area contributed by atoms with Gasteiger partial charge in [-0.3, -0.25) is 4.79 Å². The summed E-state index contributed by atoms with van der Waals surface area (Å²) in [6.45, 7) is 33.5. The van der Waals surface area contributed by atoms with Gasteiger partial charge in [-0.15, -0.1) is 0 Å². The molecular formula is C95H139BrO22. The smallest absolute Gasteiger partial charge is 0.339 e. The number of hydrogen-bond acceptors (Lipinski definition) is 22. The Morgan fingerprint density at radius 2 is 0.890 bits per heavy atom. The number of ether oxygens (including phenoxy) is 10. The van der Waals surface area contributed by atoms with Crippen molar-refractivity contribution in [3.05, 3.63) is 93.2 Å². The summed E-state index contributed by atoms with van der Waals surface area (Å²) in [7, 11) is 0. The van der Waals surface area contributed by atoms with Crippen molar-refractivity contribution in [3.63, 3.8) is 0 Å². The number of benzene rings is 2. The number of esters is 2. The highest BCUT2D eigenvalue weighted by atomic mass is 79.9. The maximum atomic E-state index is 13.2. The van der Waals surface area contributed by atoms with E-state index in [2.05, 4.69) is 98.2 Å². The normalized spacial score (nSPS) is 44.4. The highest BCUT2D eigenvalue weighted by Crippen LogP contribution is 2.66. The lowest BCUT2D eigenvalue weighted by Crippen LogP contribution is -2.70. The van der Waals surface area contributed by atoms with E-state index >= 15 is 0 Å². The van der Waals surface area contributed by atoms with Crippen LogP contribution in [0, 0.1) is 94.7 Å². The lowest BCUT2D eigenvalue weighted by molar-refractivity contribution is -0.571. The minimum atomic E-state index is -0.808. The number of hydrogen-bond donors (Lipinski definition) is 1. The number of ketones is 1. The molecule has 0 amide bonds. The van der Waals surface area contributed by atoms with Crippen molar-refractivity contribution in [1.82, 2.24) is 0 Å². The number of rotatable bonds is 21. The van der Waals surface area contributed by atoms with Crippen LogP contribution in [0.3, 0.4) is 0 Å². The Labute approximate surface area is 709 Å². The van der Waals surface area contributed by atoms with Crippen molar-refractivity contribution >= 4 is 33.7 Å². The van der Waals surface area contributed by atoms with Gasteiger partial charge in [-0.25, -0.2) is 48.7 Å². The molecule has 16 aliphatic heterocycles. The Hall–Kier alpha value is -3.83. The van der Waals surface area contributed by atoms with Gasteiger partial charge in [-0.05, 0) is 294 Å². The molecule has 2 aromatic rings. The first-order valence-electron chi connectivity index (χ1n) is 45.9. The second kappa shape index (κ2) is 36.3. The van der Waals surface area contributed by atoms with Crippen LogP contribution in [0.4, 0.5) is 0 Å². The summed E-state index contributed by atoms with van der Waals surface area (Å²) in [5.74, 6) is 3.63. The fourth-order valence-electron chi connectivity index (χ4n) is 24.9. The fourth-order valence-corrected chi connectivity index (χ4v) is 25.4. The third-order valence-electron chi connectivity index (χ3n) is 31.8. The van der Waals surface area contributed by atoms with Crippen LogP contribution >= 0.6 is 15.9 Å². The molecule has 0 radical (unpaired) electrons. The van der Waals surface area contributed by atoms with Crippen molar-refractivity contribution in [2.24, 2.45) is 94.7 Å². The molecule has 19 fully saturated rings. The first kappa shape index (κ1) is 89.0. The average Bonchev–Trinajstić information content (AvgIpc) is 1.48. The van der Waals surface area contributed by atoms with Gasteiger partial charge in [0, 0.05) is 72.8 Å². The molecule has 118 heavy (non-hydrogen) atoms. The first-order chi connectivity index (χ1) is 56.4. The number of allylic oxidation sites excluding steroid dienone is 3. The van der Waals surface area contributed by atoms with Gasteiger partial charge >= 0.3 is 11.9 Å². The molecule has 20 aliphatic rings. The maximum Gasteiger partial charge on any atom is 0.339 e. The van der Waals surface area contributed by atoms with Crippen molar-refractivity contribution in [2.45, 2.75) is 366 Å². The summed E-state index contributed by atoms with van der Waals surface area (Å²) in [6.07, 6.45) is 26.9. The molecule has 0 aromatic heterocycles. The largest absolute Gasteiger partial charge is 0.462 e. The molecule has 4 spiro atoms. The van der Waals surface area contributed by atoms with Crippen molar-refractivity contribution in [3.8, 4) is 0 Å².